The minimum absolute atomic E-state index is 0.0230. The van der Waals surface area contributed by atoms with E-state index < -0.39 is 0 Å². The molecule has 4 nitrogen and oxygen atoms in total. The molecule has 0 saturated carbocycles. The van der Waals surface area contributed by atoms with Gasteiger partial charge in [0.15, 0.2) is 0 Å². The van der Waals surface area contributed by atoms with Crippen molar-refractivity contribution in [3.05, 3.63) is 0 Å². The Hall–Kier alpha value is -0.610. The first-order valence-electron chi connectivity index (χ1n) is 6.55. The first kappa shape index (κ1) is 14.5. The second-order valence-corrected chi connectivity index (χ2v) is 5.20. The van der Waals surface area contributed by atoms with Gasteiger partial charge in [0, 0.05) is 31.8 Å². The molecule has 0 aromatic carbocycles. The zero-order valence-corrected chi connectivity index (χ0v) is 11.1. The van der Waals surface area contributed by atoms with E-state index in [2.05, 4.69) is 5.32 Å². The van der Waals surface area contributed by atoms with E-state index in [0.29, 0.717) is 5.92 Å². The van der Waals surface area contributed by atoms with Crippen LogP contribution >= 0.6 is 0 Å². The molecule has 0 bridgehead atoms. The summed E-state index contributed by atoms with van der Waals surface area (Å²) in [7, 11) is 0. The standard InChI is InChI=1S/C13H25NO3/c1-9(8-15)11(3)14-13(16)10(2)12-4-6-17-7-5-12/h9-12,15H,4-8H2,1-3H3,(H,14,16). The smallest absolute Gasteiger partial charge is 0.223 e. The van der Waals surface area contributed by atoms with Gasteiger partial charge in [-0.3, -0.25) is 4.79 Å². The van der Waals surface area contributed by atoms with E-state index in [1.165, 1.54) is 0 Å². The van der Waals surface area contributed by atoms with Gasteiger partial charge in [-0.25, -0.2) is 0 Å². The van der Waals surface area contributed by atoms with Gasteiger partial charge in [0.05, 0.1) is 0 Å². The molecule has 1 heterocycles. The van der Waals surface area contributed by atoms with Crippen LogP contribution in [0.15, 0.2) is 0 Å². The predicted octanol–water partition coefficient (Wildman–Crippen LogP) is 1.18. The Morgan fingerprint density at radius 2 is 1.94 bits per heavy atom. The van der Waals surface area contributed by atoms with Crippen LogP contribution in [0.25, 0.3) is 0 Å². The highest BCUT2D eigenvalue weighted by atomic mass is 16.5. The summed E-state index contributed by atoms with van der Waals surface area (Å²) in [5, 5.41) is 12.0. The van der Waals surface area contributed by atoms with E-state index in [-0.39, 0.29) is 30.4 Å². The average Bonchev–Trinajstić information content (AvgIpc) is 2.37. The summed E-state index contributed by atoms with van der Waals surface area (Å²) < 4.78 is 5.30. The van der Waals surface area contributed by atoms with Crippen molar-refractivity contribution in [3.8, 4) is 0 Å². The van der Waals surface area contributed by atoms with E-state index in [1.807, 2.05) is 20.8 Å². The van der Waals surface area contributed by atoms with Crippen LogP contribution in [0.4, 0.5) is 0 Å². The fraction of sp³-hybridized carbons (Fsp3) is 0.923. The molecule has 4 heteroatoms. The Bertz CT molecular complexity index is 239. The monoisotopic (exact) mass is 243 g/mol. The summed E-state index contributed by atoms with van der Waals surface area (Å²) in [5.74, 6) is 0.665. The molecule has 0 aromatic heterocycles. The number of amides is 1. The number of aliphatic hydroxyl groups excluding tert-OH is 1. The van der Waals surface area contributed by atoms with Crippen molar-refractivity contribution in [3.63, 3.8) is 0 Å². The first-order valence-corrected chi connectivity index (χ1v) is 6.55. The maximum absolute atomic E-state index is 12.0. The lowest BCUT2D eigenvalue weighted by molar-refractivity contribution is -0.128. The molecule has 0 aromatic rings. The summed E-state index contributed by atoms with van der Waals surface area (Å²) in [6.45, 7) is 7.50. The Morgan fingerprint density at radius 3 is 2.47 bits per heavy atom. The zero-order chi connectivity index (χ0) is 12.8. The Balaban J connectivity index is 2.40. The maximum atomic E-state index is 12.0. The van der Waals surface area contributed by atoms with Crippen LogP contribution in [0.5, 0.6) is 0 Å². The Morgan fingerprint density at radius 1 is 1.35 bits per heavy atom. The van der Waals surface area contributed by atoms with Crippen molar-refractivity contribution in [2.24, 2.45) is 17.8 Å². The second kappa shape index (κ2) is 6.97. The van der Waals surface area contributed by atoms with Gasteiger partial charge >= 0.3 is 0 Å². The highest BCUT2D eigenvalue weighted by Crippen LogP contribution is 2.23. The highest BCUT2D eigenvalue weighted by molar-refractivity contribution is 5.78. The molecule has 1 fully saturated rings. The quantitative estimate of drug-likeness (QED) is 0.762. The van der Waals surface area contributed by atoms with E-state index in [0.717, 1.165) is 26.1 Å². The van der Waals surface area contributed by atoms with Crippen molar-refractivity contribution in [1.82, 2.24) is 5.32 Å². The van der Waals surface area contributed by atoms with Gasteiger partial charge in [0.1, 0.15) is 0 Å². The van der Waals surface area contributed by atoms with Crippen LogP contribution in [0.1, 0.15) is 33.6 Å². The molecule has 2 N–H and O–H groups in total. The number of carbonyl (C=O) groups is 1. The van der Waals surface area contributed by atoms with E-state index >= 15 is 0 Å². The molecule has 1 aliphatic heterocycles. The van der Waals surface area contributed by atoms with E-state index in [9.17, 15) is 4.79 Å². The SMILES string of the molecule is CC(CO)C(C)NC(=O)C(C)C1CCOCC1. The molecule has 3 unspecified atom stereocenters. The summed E-state index contributed by atoms with van der Waals surface area (Å²) in [4.78, 5) is 12.0. The van der Waals surface area contributed by atoms with Gasteiger partial charge < -0.3 is 15.2 Å². The lowest BCUT2D eigenvalue weighted by atomic mass is 9.86. The van der Waals surface area contributed by atoms with Crippen molar-refractivity contribution in [2.45, 2.75) is 39.7 Å². The summed E-state index contributed by atoms with van der Waals surface area (Å²) in [6, 6.07) is 0.0230. The molecule has 1 rings (SSSR count). The fourth-order valence-corrected chi connectivity index (χ4v) is 2.09. The normalized spacial score (nSPS) is 22.8. The molecule has 0 spiro atoms. The summed E-state index contributed by atoms with van der Waals surface area (Å²) >= 11 is 0. The van der Waals surface area contributed by atoms with Gasteiger partial charge in [-0.05, 0) is 31.6 Å². The number of aliphatic hydroxyl groups is 1. The molecular formula is C13H25NO3. The highest BCUT2D eigenvalue weighted by Gasteiger charge is 2.27. The third kappa shape index (κ3) is 4.28. The Labute approximate surface area is 104 Å². The minimum Gasteiger partial charge on any atom is -0.396 e. The minimum atomic E-state index is 0.0230. The lowest BCUT2D eigenvalue weighted by Gasteiger charge is -2.29. The van der Waals surface area contributed by atoms with E-state index in [4.69, 9.17) is 9.84 Å². The van der Waals surface area contributed by atoms with Gasteiger partial charge in [-0.1, -0.05) is 13.8 Å². The molecule has 17 heavy (non-hydrogen) atoms. The number of hydrogen-bond acceptors (Lipinski definition) is 3. The summed E-state index contributed by atoms with van der Waals surface area (Å²) in [6.07, 6.45) is 1.94. The van der Waals surface area contributed by atoms with Crippen LogP contribution in [0, 0.1) is 17.8 Å². The predicted molar refractivity (Wildman–Crippen MR) is 66.6 cm³/mol. The molecule has 0 radical (unpaired) electrons. The molecule has 3 atom stereocenters. The van der Waals surface area contributed by atoms with Crippen molar-refractivity contribution >= 4 is 5.91 Å². The topological polar surface area (TPSA) is 58.6 Å². The van der Waals surface area contributed by atoms with Crippen LogP contribution in [-0.4, -0.2) is 36.9 Å². The van der Waals surface area contributed by atoms with Crippen LogP contribution in [-0.2, 0) is 9.53 Å². The lowest BCUT2D eigenvalue weighted by Crippen LogP contribution is -2.43. The van der Waals surface area contributed by atoms with Crippen molar-refractivity contribution in [2.75, 3.05) is 19.8 Å². The number of hydrogen-bond donors (Lipinski definition) is 2. The second-order valence-electron chi connectivity index (χ2n) is 5.20. The van der Waals surface area contributed by atoms with Gasteiger partial charge in [0.2, 0.25) is 5.91 Å². The molecule has 100 valence electrons. The molecular weight excluding hydrogens is 218 g/mol. The maximum Gasteiger partial charge on any atom is 0.223 e. The number of nitrogens with one attached hydrogen (secondary N) is 1. The van der Waals surface area contributed by atoms with Crippen LogP contribution in [0.3, 0.4) is 0 Å². The largest absolute Gasteiger partial charge is 0.396 e. The number of carbonyl (C=O) groups excluding carboxylic acids is 1. The number of rotatable bonds is 5. The molecule has 1 amide bonds. The van der Waals surface area contributed by atoms with Gasteiger partial charge in [-0.15, -0.1) is 0 Å². The molecule has 0 aliphatic carbocycles. The van der Waals surface area contributed by atoms with Crippen LogP contribution in [0.2, 0.25) is 0 Å². The third-order valence-corrected chi connectivity index (χ3v) is 3.90. The third-order valence-electron chi connectivity index (χ3n) is 3.90. The van der Waals surface area contributed by atoms with Crippen molar-refractivity contribution in [1.29, 1.82) is 0 Å². The molecule has 1 aliphatic rings. The van der Waals surface area contributed by atoms with Gasteiger partial charge in [-0.2, -0.15) is 0 Å². The van der Waals surface area contributed by atoms with Crippen LogP contribution < -0.4 is 5.32 Å². The average molecular weight is 243 g/mol. The molecule has 1 saturated heterocycles. The van der Waals surface area contributed by atoms with Gasteiger partial charge in [0.25, 0.3) is 0 Å². The Kier molecular flexibility index (Phi) is 5.92. The zero-order valence-electron chi connectivity index (χ0n) is 11.1. The summed E-state index contributed by atoms with van der Waals surface area (Å²) in [5.41, 5.74) is 0. The fourth-order valence-electron chi connectivity index (χ4n) is 2.09. The number of ether oxygens (including phenoxy) is 1. The first-order chi connectivity index (χ1) is 8.06. The van der Waals surface area contributed by atoms with E-state index in [1.54, 1.807) is 0 Å². The van der Waals surface area contributed by atoms with Crippen molar-refractivity contribution < 1.29 is 14.6 Å².